The minimum Gasteiger partial charge on any atom is -0.326 e. The standard InChI is InChI=1S/C21H20N4O2/c1-13-20(14(2)25(24-13)15-8-4-3-5-9-15)23-21(27)17-12-19(26)22-18-11-7-6-10-16(17)18/h3-11,17H,12H2,1-2H3,(H,22,26)(H,23,27). The number of amides is 2. The van der Waals surface area contributed by atoms with Crippen LogP contribution in [0.3, 0.4) is 0 Å². The van der Waals surface area contributed by atoms with Crippen LogP contribution in [0.2, 0.25) is 0 Å². The smallest absolute Gasteiger partial charge is 0.232 e. The topological polar surface area (TPSA) is 76.0 Å². The molecule has 0 spiro atoms. The normalized spacial score (nSPS) is 15.8. The number of hydrogen-bond acceptors (Lipinski definition) is 3. The Morgan fingerprint density at radius 1 is 1.11 bits per heavy atom. The van der Waals surface area contributed by atoms with Crippen LogP contribution in [0.15, 0.2) is 54.6 Å². The Bertz CT molecular complexity index is 1020. The van der Waals surface area contributed by atoms with Crippen molar-refractivity contribution in [2.45, 2.75) is 26.2 Å². The number of aromatic nitrogens is 2. The number of nitrogens with one attached hydrogen (secondary N) is 2. The van der Waals surface area contributed by atoms with Crippen LogP contribution >= 0.6 is 0 Å². The van der Waals surface area contributed by atoms with E-state index in [4.69, 9.17) is 0 Å². The summed E-state index contributed by atoms with van der Waals surface area (Å²) in [5, 5.41) is 10.4. The lowest BCUT2D eigenvalue weighted by Crippen LogP contribution is -2.31. The number of nitrogens with zero attached hydrogens (tertiary/aromatic N) is 2. The second-order valence-corrected chi connectivity index (χ2v) is 6.67. The van der Waals surface area contributed by atoms with Gasteiger partial charge in [0.15, 0.2) is 0 Å². The fraction of sp³-hybridized carbons (Fsp3) is 0.190. The molecule has 1 aliphatic heterocycles. The summed E-state index contributed by atoms with van der Waals surface area (Å²) in [7, 11) is 0. The molecule has 1 unspecified atom stereocenters. The summed E-state index contributed by atoms with van der Waals surface area (Å²) in [5.74, 6) is -0.868. The van der Waals surface area contributed by atoms with Crippen LogP contribution in [-0.2, 0) is 9.59 Å². The van der Waals surface area contributed by atoms with Crippen LogP contribution in [0.4, 0.5) is 11.4 Å². The van der Waals surface area contributed by atoms with Gasteiger partial charge in [0, 0.05) is 12.1 Å². The highest BCUT2D eigenvalue weighted by Crippen LogP contribution is 2.33. The van der Waals surface area contributed by atoms with Gasteiger partial charge in [0.05, 0.1) is 28.7 Å². The minimum atomic E-state index is -0.520. The van der Waals surface area contributed by atoms with Gasteiger partial charge in [-0.05, 0) is 37.6 Å². The van der Waals surface area contributed by atoms with Crippen molar-refractivity contribution in [1.82, 2.24) is 9.78 Å². The lowest BCUT2D eigenvalue weighted by atomic mass is 9.89. The first kappa shape index (κ1) is 17.0. The molecule has 1 aliphatic rings. The maximum atomic E-state index is 13.0. The summed E-state index contributed by atoms with van der Waals surface area (Å²) in [6, 6.07) is 17.2. The second-order valence-electron chi connectivity index (χ2n) is 6.67. The molecule has 2 heterocycles. The quantitative estimate of drug-likeness (QED) is 0.750. The minimum absolute atomic E-state index is 0.133. The highest BCUT2D eigenvalue weighted by molar-refractivity contribution is 6.05. The molecule has 0 fully saturated rings. The van der Waals surface area contributed by atoms with Crippen LogP contribution in [0, 0.1) is 13.8 Å². The van der Waals surface area contributed by atoms with Gasteiger partial charge in [-0.3, -0.25) is 9.59 Å². The summed E-state index contributed by atoms with van der Waals surface area (Å²) in [6.45, 7) is 3.79. The molecule has 0 aliphatic carbocycles. The largest absolute Gasteiger partial charge is 0.326 e. The number of anilines is 2. The number of hydrogen-bond donors (Lipinski definition) is 2. The van der Waals surface area contributed by atoms with E-state index < -0.39 is 5.92 Å². The Kier molecular flexibility index (Phi) is 4.24. The Labute approximate surface area is 157 Å². The van der Waals surface area contributed by atoms with Crippen LogP contribution in [-0.4, -0.2) is 21.6 Å². The van der Waals surface area contributed by atoms with Gasteiger partial charge in [-0.2, -0.15) is 5.10 Å². The van der Waals surface area contributed by atoms with Crippen LogP contribution in [0.5, 0.6) is 0 Å². The lowest BCUT2D eigenvalue weighted by Gasteiger charge is -2.24. The maximum Gasteiger partial charge on any atom is 0.232 e. The van der Waals surface area contributed by atoms with Gasteiger partial charge in [-0.1, -0.05) is 36.4 Å². The monoisotopic (exact) mass is 360 g/mol. The number of aryl methyl sites for hydroxylation is 1. The lowest BCUT2D eigenvalue weighted by molar-refractivity contribution is -0.123. The molecular formula is C21H20N4O2. The molecule has 0 bridgehead atoms. The SMILES string of the molecule is Cc1nn(-c2ccccc2)c(C)c1NC(=O)C1CC(=O)Nc2ccccc21. The Hall–Kier alpha value is -3.41. The zero-order valence-electron chi connectivity index (χ0n) is 15.2. The third-order valence-electron chi connectivity index (χ3n) is 4.86. The number of para-hydroxylation sites is 2. The first-order valence-electron chi connectivity index (χ1n) is 8.86. The van der Waals surface area contributed by atoms with Crippen LogP contribution < -0.4 is 10.6 Å². The number of fused-ring (bicyclic) bond motifs is 1. The number of carbonyl (C=O) groups is 2. The highest BCUT2D eigenvalue weighted by atomic mass is 16.2. The van der Waals surface area contributed by atoms with E-state index in [1.807, 2.05) is 73.1 Å². The summed E-state index contributed by atoms with van der Waals surface area (Å²) >= 11 is 0. The summed E-state index contributed by atoms with van der Waals surface area (Å²) in [6.07, 6.45) is 0.133. The molecule has 2 aromatic carbocycles. The molecule has 136 valence electrons. The fourth-order valence-corrected chi connectivity index (χ4v) is 3.50. The zero-order valence-corrected chi connectivity index (χ0v) is 15.2. The molecule has 0 radical (unpaired) electrons. The van der Waals surface area contributed by atoms with Crippen molar-refractivity contribution >= 4 is 23.2 Å². The molecule has 0 saturated heterocycles. The van der Waals surface area contributed by atoms with Crippen molar-refractivity contribution in [2.75, 3.05) is 10.6 Å². The first-order valence-corrected chi connectivity index (χ1v) is 8.86. The van der Waals surface area contributed by atoms with Gasteiger partial charge in [0.1, 0.15) is 0 Å². The summed E-state index contributed by atoms with van der Waals surface area (Å²) in [5.41, 5.74) is 4.73. The van der Waals surface area contributed by atoms with Gasteiger partial charge in [0.25, 0.3) is 0 Å². The predicted octanol–water partition coefficient (Wildman–Crippen LogP) is 3.55. The molecule has 6 heteroatoms. The van der Waals surface area contributed by atoms with Crippen LogP contribution in [0.25, 0.3) is 5.69 Å². The third-order valence-corrected chi connectivity index (χ3v) is 4.86. The van der Waals surface area contributed by atoms with Gasteiger partial charge < -0.3 is 10.6 Å². The molecule has 0 saturated carbocycles. The maximum absolute atomic E-state index is 13.0. The zero-order chi connectivity index (χ0) is 19.0. The van der Waals surface area contributed by atoms with Crippen molar-refractivity contribution in [1.29, 1.82) is 0 Å². The van der Waals surface area contributed by atoms with E-state index in [0.29, 0.717) is 11.4 Å². The molecule has 1 atom stereocenters. The fourth-order valence-electron chi connectivity index (χ4n) is 3.50. The summed E-state index contributed by atoms with van der Waals surface area (Å²) < 4.78 is 1.81. The average molecular weight is 360 g/mol. The molecule has 6 nitrogen and oxygen atoms in total. The Morgan fingerprint density at radius 3 is 2.59 bits per heavy atom. The van der Waals surface area contributed by atoms with Gasteiger partial charge in [-0.15, -0.1) is 0 Å². The number of rotatable bonds is 3. The predicted molar refractivity (Wildman–Crippen MR) is 104 cm³/mol. The van der Waals surface area contributed by atoms with E-state index in [1.54, 1.807) is 0 Å². The van der Waals surface area contributed by atoms with E-state index in [2.05, 4.69) is 15.7 Å². The molecule has 4 rings (SSSR count). The third kappa shape index (κ3) is 3.10. The van der Waals surface area contributed by atoms with E-state index in [-0.39, 0.29) is 18.2 Å². The Balaban J connectivity index is 1.65. The molecule has 2 N–H and O–H groups in total. The van der Waals surface area contributed by atoms with Crippen molar-refractivity contribution in [3.05, 3.63) is 71.5 Å². The van der Waals surface area contributed by atoms with E-state index >= 15 is 0 Å². The molecule has 3 aromatic rings. The van der Waals surface area contributed by atoms with E-state index in [9.17, 15) is 9.59 Å². The van der Waals surface area contributed by atoms with Crippen molar-refractivity contribution < 1.29 is 9.59 Å². The first-order chi connectivity index (χ1) is 13.0. The number of benzene rings is 2. The van der Waals surface area contributed by atoms with Crippen molar-refractivity contribution in [3.63, 3.8) is 0 Å². The second kappa shape index (κ2) is 6.72. The average Bonchev–Trinajstić information content (AvgIpc) is 2.96. The van der Waals surface area contributed by atoms with Gasteiger partial charge in [0.2, 0.25) is 11.8 Å². The van der Waals surface area contributed by atoms with Crippen molar-refractivity contribution in [3.8, 4) is 5.69 Å². The van der Waals surface area contributed by atoms with E-state index in [1.165, 1.54) is 0 Å². The Morgan fingerprint density at radius 2 is 1.81 bits per heavy atom. The van der Waals surface area contributed by atoms with Crippen LogP contribution in [0.1, 0.15) is 29.3 Å². The van der Waals surface area contributed by atoms with E-state index in [0.717, 1.165) is 22.6 Å². The molecular weight excluding hydrogens is 340 g/mol. The number of carbonyl (C=O) groups excluding carboxylic acids is 2. The van der Waals surface area contributed by atoms with Crippen molar-refractivity contribution in [2.24, 2.45) is 0 Å². The summed E-state index contributed by atoms with van der Waals surface area (Å²) in [4.78, 5) is 25.0. The molecule has 27 heavy (non-hydrogen) atoms. The molecule has 1 aromatic heterocycles. The van der Waals surface area contributed by atoms with Gasteiger partial charge in [-0.25, -0.2) is 4.68 Å². The molecule has 2 amide bonds. The van der Waals surface area contributed by atoms with Gasteiger partial charge >= 0.3 is 0 Å². The highest BCUT2D eigenvalue weighted by Gasteiger charge is 2.31.